The maximum atomic E-state index is 11.9. The topological polar surface area (TPSA) is 74.6 Å². The van der Waals surface area contributed by atoms with Crippen molar-refractivity contribution in [2.75, 3.05) is 5.32 Å². The van der Waals surface area contributed by atoms with Crippen LogP contribution >= 0.6 is 38.6 Å². The second-order valence-electron chi connectivity index (χ2n) is 3.28. The van der Waals surface area contributed by atoms with Gasteiger partial charge in [0.05, 0.1) is 0 Å². The highest BCUT2D eigenvalue weighted by Crippen LogP contribution is 2.24. The molecule has 0 spiro atoms. The Morgan fingerprint density at radius 1 is 1.56 bits per heavy atom. The number of oxime groups is 1. The number of carbonyl (C=O) groups is 1. The molecule has 0 aliphatic heterocycles. The van der Waals surface area contributed by atoms with Crippen LogP contribution in [0.4, 0.5) is 5.13 Å². The van der Waals surface area contributed by atoms with E-state index in [2.05, 4.69) is 31.4 Å². The Balaban J connectivity index is 2.13. The van der Waals surface area contributed by atoms with Crippen LogP contribution in [0, 0.1) is 0 Å². The molecule has 0 saturated carbocycles. The van der Waals surface area contributed by atoms with Crippen LogP contribution in [0.25, 0.3) is 0 Å². The van der Waals surface area contributed by atoms with Crippen molar-refractivity contribution >= 4 is 55.4 Å². The maximum Gasteiger partial charge on any atom is 0.268 e. The lowest BCUT2D eigenvalue weighted by molar-refractivity contribution is 0.103. The Bertz CT molecular complexity index is 606. The number of nitrogens with one attached hydrogen (secondary N) is 1. The van der Waals surface area contributed by atoms with Crippen LogP contribution in [0.3, 0.4) is 0 Å². The van der Waals surface area contributed by atoms with Gasteiger partial charge in [0.2, 0.25) is 0 Å². The summed E-state index contributed by atoms with van der Waals surface area (Å²) in [6.45, 7) is 1.64. The van der Waals surface area contributed by atoms with Gasteiger partial charge in [-0.2, -0.15) is 0 Å². The molecule has 2 heterocycles. The van der Waals surface area contributed by atoms with Crippen LogP contribution in [0.1, 0.15) is 22.3 Å². The van der Waals surface area contributed by atoms with E-state index in [4.69, 9.17) is 5.21 Å². The minimum Gasteiger partial charge on any atom is -0.411 e. The molecule has 1 amide bonds. The number of thiazole rings is 1. The van der Waals surface area contributed by atoms with E-state index in [0.29, 0.717) is 21.4 Å². The van der Waals surface area contributed by atoms with Gasteiger partial charge in [0.15, 0.2) is 5.13 Å². The van der Waals surface area contributed by atoms with Crippen LogP contribution < -0.4 is 5.32 Å². The number of anilines is 1. The van der Waals surface area contributed by atoms with Crippen molar-refractivity contribution in [1.29, 1.82) is 0 Å². The van der Waals surface area contributed by atoms with E-state index < -0.39 is 0 Å². The number of amides is 1. The fourth-order valence-corrected chi connectivity index (χ4v) is 3.35. The van der Waals surface area contributed by atoms with Crippen molar-refractivity contribution in [3.05, 3.63) is 31.9 Å². The van der Waals surface area contributed by atoms with Crippen LogP contribution in [0.15, 0.2) is 26.5 Å². The van der Waals surface area contributed by atoms with Crippen LogP contribution in [-0.4, -0.2) is 21.8 Å². The number of thiophene rings is 1. The molecule has 94 valence electrons. The Hall–Kier alpha value is -1.25. The molecule has 8 heteroatoms. The Kier molecular flexibility index (Phi) is 4.10. The molecule has 0 bridgehead atoms. The zero-order valence-electron chi connectivity index (χ0n) is 9.18. The number of hydrogen-bond acceptors (Lipinski definition) is 6. The standard InChI is InChI=1S/C10H8BrN3O2S2/c1-5(14-16)7-4-18-10(12-7)13-9(15)8-6(11)2-3-17-8/h2-4,16H,1H3,(H,12,13,15). The maximum absolute atomic E-state index is 11.9. The van der Waals surface area contributed by atoms with Gasteiger partial charge in [-0.1, -0.05) is 5.16 Å². The molecule has 0 fully saturated rings. The van der Waals surface area contributed by atoms with Gasteiger partial charge in [-0.05, 0) is 34.3 Å². The quantitative estimate of drug-likeness (QED) is 0.508. The summed E-state index contributed by atoms with van der Waals surface area (Å²) in [6.07, 6.45) is 0. The minimum atomic E-state index is -0.212. The van der Waals surface area contributed by atoms with Crippen LogP contribution in [0.2, 0.25) is 0 Å². The second kappa shape index (κ2) is 5.59. The van der Waals surface area contributed by atoms with E-state index in [1.807, 2.05) is 11.4 Å². The third kappa shape index (κ3) is 2.77. The zero-order valence-corrected chi connectivity index (χ0v) is 12.4. The average Bonchev–Trinajstić information content (AvgIpc) is 2.97. The lowest BCUT2D eigenvalue weighted by atomic mass is 10.3. The van der Waals surface area contributed by atoms with Crippen molar-refractivity contribution in [2.24, 2.45) is 5.16 Å². The fourth-order valence-electron chi connectivity index (χ4n) is 1.16. The third-order valence-corrected chi connectivity index (χ3v) is 4.66. The number of carbonyl (C=O) groups excluding carboxylic acids is 1. The lowest BCUT2D eigenvalue weighted by Gasteiger charge is -1.99. The summed E-state index contributed by atoms with van der Waals surface area (Å²) in [7, 11) is 0. The van der Waals surface area contributed by atoms with E-state index in [1.54, 1.807) is 12.3 Å². The molecule has 2 aromatic heterocycles. The Morgan fingerprint density at radius 2 is 2.33 bits per heavy atom. The minimum absolute atomic E-state index is 0.212. The Labute approximate surface area is 119 Å². The molecule has 0 aromatic carbocycles. The molecular formula is C10H8BrN3O2S2. The first kappa shape index (κ1) is 13.2. The molecule has 2 rings (SSSR count). The van der Waals surface area contributed by atoms with Crippen molar-refractivity contribution in [2.45, 2.75) is 6.92 Å². The van der Waals surface area contributed by atoms with Crippen molar-refractivity contribution in [3.63, 3.8) is 0 Å². The SMILES string of the molecule is CC(=NO)c1csc(NC(=O)c2sccc2Br)n1. The normalized spacial score (nSPS) is 11.6. The molecular weight excluding hydrogens is 338 g/mol. The highest BCUT2D eigenvalue weighted by atomic mass is 79.9. The summed E-state index contributed by atoms with van der Waals surface area (Å²) in [6, 6.07) is 1.81. The summed E-state index contributed by atoms with van der Waals surface area (Å²) in [5.74, 6) is -0.212. The lowest BCUT2D eigenvalue weighted by Crippen LogP contribution is -2.10. The van der Waals surface area contributed by atoms with Crippen LogP contribution in [0.5, 0.6) is 0 Å². The molecule has 0 aliphatic rings. The Morgan fingerprint density at radius 3 is 2.94 bits per heavy atom. The molecule has 2 N–H and O–H groups in total. The van der Waals surface area contributed by atoms with Gasteiger partial charge in [0, 0.05) is 9.85 Å². The summed E-state index contributed by atoms with van der Waals surface area (Å²) in [5.41, 5.74) is 0.951. The molecule has 0 radical (unpaired) electrons. The molecule has 0 saturated heterocycles. The number of hydrogen-bond donors (Lipinski definition) is 2. The first-order valence-electron chi connectivity index (χ1n) is 4.80. The number of aromatic nitrogens is 1. The largest absolute Gasteiger partial charge is 0.411 e. The van der Waals surface area contributed by atoms with Gasteiger partial charge in [0.25, 0.3) is 5.91 Å². The van der Waals surface area contributed by atoms with E-state index in [1.165, 1.54) is 22.7 Å². The first-order valence-corrected chi connectivity index (χ1v) is 7.36. The molecule has 0 aliphatic carbocycles. The van der Waals surface area contributed by atoms with E-state index >= 15 is 0 Å². The highest BCUT2D eigenvalue weighted by Gasteiger charge is 2.14. The molecule has 18 heavy (non-hydrogen) atoms. The second-order valence-corrected chi connectivity index (χ2v) is 5.90. The average molecular weight is 346 g/mol. The monoisotopic (exact) mass is 345 g/mol. The predicted molar refractivity (Wildman–Crippen MR) is 76.1 cm³/mol. The zero-order chi connectivity index (χ0) is 13.1. The van der Waals surface area contributed by atoms with Gasteiger partial charge in [-0.15, -0.1) is 22.7 Å². The first-order chi connectivity index (χ1) is 8.61. The summed E-state index contributed by atoms with van der Waals surface area (Å²) >= 11 is 5.93. The van der Waals surface area contributed by atoms with Crippen LogP contribution in [-0.2, 0) is 0 Å². The number of halogens is 1. The van der Waals surface area contributed by atoms with Crippen molar-refractivity contribution in [1.82, 2.24) is 4.98 Å². The number of nitrogens with zero attached hydrogens (tertiary/aromatic N) is 2. The van der Waals surface area contributed by atoms with E-state index in [9.17, 15) is 4.79 Å². The summed E-state index contributed by atoms with van der Waals surface area (Å²) in [4.78, 5) is 16.6. The van der Waals surface area contributed by atoms with Crippen molar-refractivity contribution < 1.29 is 10.0 Å². The third-order valence-electron chi connectivity index (χ3n) is 2.07. The molecule has 0 unspecified atom stereocenters. The van der Waals surface area contributed by atoms with Gasteiger partial charge < -0.3 is 5.21 Å². The molecule has 5 nitrogen and oxygen atoms in total. The molecule has 0 atom stereocenters. The highest BCUT2D eigenvalue weighted by molar-refractivity contribution is 9.10. The van der Waals surface area contributed by atoms with E-state index in [-0.39, 0.29) is 5.91 Å². The van der Waals surface area contributed by atoms with Crippen molar-refractivity contribution in [3.8, 4) is 0 Å². The van der Waals surface area contributed by atoms with E-state index in [0.717, 1.165) is 4.47 Å². The smallest absolute Gasteiger partial charge is 0.268 e. The number of rotatable bonds is 3. The predicted octanol–water partition coefficient (Wildman–Crippen LogP) is 3.42. The van der Waals surface area contributed by atoms with Gasteiger partial charge in [-0.3, -0.25) is 10.1 Å². The fraction of sp³-hybridized carbons (Fsp3) is 0.100. The summed E-state index contributed by atoms with van der Waals surface area (Å²) in [5, 5.41) is 18.4. The van der Waals surface area contributed by atoms with Gasteiger partial charge in [-0.25, -0.2) is 4.98 Å². The summed E-state index contributed by atoms with van der Waals surface area (Å²) < 4.78 is 0.759. The van der Waals surface area contributed by atoms with Gasteiger partial charge >= 0.3 is 0 Å². The van der Waals surface area contributed by atoms with Gasteiger partial charge in [0.1, 0.15) is 16.3 Å². The molecule has 2 aromatic rings.